The van der Waals surface area contributed by atoms with Gasteiger partial charge in [0.25, 0.3) is 0 Å². The van der Waals surface area contributed by atoms with Crippen molar-refractivity contribution in [2.45, 2.75) is 70.8 Å². The Balaban J connectivity index is 1.49. The van der Waals surface area contributed by atoms with E-state index in [0.717, 1.165) is 31.5 Å². The number of allylic oxidation sites excluding steroid dienone is 1. The summed E-state index contributed by atoms with van der Waals surface area (Å²) in [4.78, 5) is 0. The van der Waals surface area contributed by atoms with Crippen LogP contribution in [-0.2, 0) is 11.3 Å². The van der Waals surface area contributed by atoms with Crippen molar-refractivity contribution in [2.75, 3.05) is 6.61 Å². The molecule has 144 valence electrons. The molecule has 3 rings (SSSR count). The second kappa shape index (κ2) is 10.5. The zero-order chi connectivity index (χ0) is 18.9. The summed E-state index contributed by atoms with van der Waals surface area (Å²) >= 11 is 0. The zero-order valence-corrected chi connectivity index (χ0v) is 17.0. The van der Waals surface area contributed by atoms with Crippen LogP contribution in [0.1, 0.15) is 86.5 Å². The number of hydrogen-bond donors (Lipinski definition) is 0. The van der Waals surface area contributed by atoms with Crippen molar-refractivity contribution in [3.8, 4) is 0 Å². The van der Waals surface area contributed by atoms with E-state index >= 15 is 0 Å². The predicted molar refractivity (Wildman–Crippen MR) is 116 cm³/mol. The molecular formula is C26H34O. The summed E-state index contributed by atoms with van der Waals surface area (Å²) in [6.45, 7) is 5.89. The molecule has 2 aromatic carbocycles. The summed E-state index contributed by atoms with van der Waals surface area (Å²) in [5, 5.41) is 0. The summed E-state index contributed by atoms with van der Waals surface area (Å²) in [6, 6.07) is 18.3. The highest BCUT2D eigenvalue weighted by atomic mass is 16.5. The van der Waals surface area contributed by atoms with Crippen molar-refractivity contribution in [1.82, 2.24) is 0 Å². The van der Waals surface area contributed by atoms with Crippen LogP contribution < -0.4 is 0 Å². The van der Waals surface area contributed by atoms with Crippen LogP contribution in [0.4, 0.5) is 0 Å². The molecule has 0 unspecified atom stereocenters. The van der Waals surface area contributed by atoms with Gasteiger partial charge in [-0.05, 0) is 73.1 Å². The molecule has 0 N–H and O–H groups in total. The minimum absolute atomic E-state index is 0.721. The maximum absolute atomic E-state index is 5.73. The van der Waals surface area contributed by atoms with Crippen molar-refractivity contribution < 1.29 is 4.74 Å². The van der Waals surface area contributed by atoms with Crippen LogP contribution in [0.5, 0.6) is 0 Å². The topological polar surface area (TPSA) is 9.23 Å². The second-order valence-corrected chi connectivity index (χ2v) is 7.86. The molecule has 1 saturated carbocycles. The van der Waals surface area contributed by atoms with Gasteiger partial charge >= 0.3 is 0 Å². The summed E-state index contributed by atoms with van der Waals surface area (Å²) in [5.74, 6) is 1.45. The summed E-state index contributed by atoms with van der Waals surface area (Å²) in [6.07, 6.45) is 11.8. The molecule has 0 bridgehead atoms. The summed E-state index contributed by atoms with van der Waals surface area (Å²) in [5.41, 5.74) is 5.62. The molecule has 0 amide bonds. The smallest absolute Gasteiger partial charge is 0.0716 e. The minimum atomic E-state index is 0.721. The predicted octanol–water partition coefficient (Wildman–Crippen LogP) is 7.48. The lowest BCUT2D eigenvalue weighted by atomic mass is 9.76. The van der Waals surface area contributed by atoms with Gasteiger partial charge in [0.15, 0.2) is 0 Å². The normalized spacial score (nSPS) is 20.2. The van der Waals surface area contributed by atoms with Gasteiger partial charge in [-0.1, -0.05) is 74.0 Å². The van der Waals surface area contributed by atoms with Crippen molar-refractivity contribution in [2.24, 2.45) is 0 Å². The third-order valence-electron chi connectivity index (χ3n) is 5.86. The molecular weight excluding hydrogens is 328 g/mol. The van der Waals surface area contributed by atoms with Crippen molar-refractivity contribution in [3.63, 3.8) is 0 Å². The Bertz CT molecular complexity index is 688. The van der Waals surface area contributed by atoms with Gasteiger partial charge in [-0.15, -0.1) is 0 Å². The molecule has 0 spiro atoms. The maximum atomic E-state index is 5.73. The lowest BCUT2D eigenvalue weighted by Crippen LogP contribution is -2.12. The molecule has 1 aliphatic rings. The average Bonchev–Trinajstić information content (AvgIpc) is 2.73. The van der Waals surface area contributed by atoms with Crippen LogP contribution in [0.2, 0.25) is 0 Å². The highest BCUT2D eigenvalue weighted by Gasteiger charge is 2.23. The highest BCUT2D eigenvalue weighted by molar-refractivity contribution is 5.49. The van der Waals surface area contributed by atoms with Crippen LogP contribution >= 0.6 is 0 Å². The van der Waals surface area contributed by atoms with Crippen LogP contribution in [0.25, 0.3) is 6.08 Å². The third-order valence-corrected chi connectivity index (χ3v) is 5.86. The Morgan fingerprint density at radius 2 is 1.41 bits per heavy atom. The van der Waals surface area contributed by atoms with E-state index in [-0.39, 0.29) is 0 Å². The van der Waals surface area contributed by atoms with Crippen LogP contribution in [0, 0.1) is 0 Å². The van der Waals surface area contributed by atoms with E-state index in [2.05, 4.69) is 74.5 Å². The Kier molecular flexibility index (Phi) is 7.71. The fraction of sp³-hybridized carbons (Fsp3) is 0.462. The van der Waals surface area contributed by atoms with Crippen molar-refractivity contribution in [1.29, 1.82) is 0 Å². The number of ether oxygens (including phenoxy) is 1. The first-order valence-corrected chi connectivity index (χ1v) is 10.7. The molecule has 1 aliphatic carbocycles. The van der Waals surface area contributed by atoms with Gasteiger partial charge in [0.2, 0.25) is 0 Å². The van der Waals surface area contributed by atoms with Gasteiger partial charge in [-0.25, -0.2) is 0 Å². The van der Waals surface area contributed by atoms with Crippen molar-refractivity contribution >= 4 is 6.08 Å². The quantitative estimate of drug-likeness (QED) is 0.442. The molecule has 0 aromatic heterocycles. The molecule has 1 heteroatoms. The maximum Gasteiger partial charge on any atom is 0.0716 e. The van der Waals surface area contributed by atoms with E-state index in [1.807, 2.05) is 0 Å². The van der Waals surface area contributed by atoms with E-state index in [1.165, 1.54) is 54.4 Å². The number of benzene rings is 2. The molecule has 0 atom stereocenters. The van der Waals surface area contributed by atoms with Crippen LogP contribution in [-0.4, -0.2) is 6.61 Å². The van der Waals surface area contributed by atoms with E-state index in [1.54, 1.807) is 0 Å². The molecule has 1 nitrogen and oxygen atoms in total. The summed E-state index contributed by atoms with van der Waals surface area (Å²) < 4.78 is 5.73. The Labute approximate surface area is 165 Å². The average molecular weight is 363 g/mol. The number of hydrogen-bond acceptors (Lipinski definition) is 1. The van der Waals surface area contributed by atoms with Crippen LogP contribution in [0.15, 0.2) is 54.6 Å². The monoisotopic (exact) mass is 362 g/mol. The SMILES string of the molecule is C/C=C\c1ccc([C@H]2CC[C@H](c3ccc(COCCCC)cc3)CC2)cc1. The fourth-order valence-corrected chi connectivity index (χ4v) is 4.15. The molecule has 2 aromatic rings. The molecule has 0 aliphatic heterocycles. The Hall–Kier alpha value is -1.86. The van der Waals surface area contributed by atoms with E-state index in [4.69, 9.17) is 4.74 Å². The largest absolute Gasteiger partial charge is 0.377 e. The zero-order valence-electron chi connectivity index (χ0n) is 17.0. The third kappa shape index (κ3) is 5.81. The second-order valence-electron chi connectivity index (χ2n) is 7.86. The first kappa shape index (κ1) is 19.9. The van der Waals surface area contributed by atoms with Gasteiger partial charge in [0.1, 0.15) is 0 Å². The van der Waals surface area contributed by atoms with E-state index < -0.39 is 0 Å². The molecule has 0 radical (unpaired) electrons. The first-order valence-electron chi connectivity index (χ1n) is 10.7. The van der Waals surface area contributed by atoms with E-state index in [9.17, 15) is 0 Å². The van der Waals surface area contributed by atoms with Crippen LogP contribution in [0.3, 0.4) is 0 Å². The standard InChI is InChI=1S/C26H34O/c1-3-5-19-27-20-22-9-13-24(14-10-22)26-17-15-25(16-18-26)23-11-7-21(6-4-2)8-12-23/h4,6-14,25-26H,3,5,15-20H2,1-2H3/b6-4-/t25-,26-. The highest BCUT2D eigenvalue weighted by Crippen LogP contribution is 2.40. The summed E-state index contributed by atoms with van der Waals surface area (Å²) in [7, 11) is 0. The Morgan fingerprint density at radius 3 is 1.93 bits per heavy atom. The Morgan fingerprint density at radius 1 is 0.852 bits per heavy atom. The van der Waals surface area contributed by atoms with E-state index in [0.29, 0.717) is 0 Å². The lowest BCUT2D eigenvalue weighted by molar-refractivity contribution is 0.118. The van der Waals surface area contributed by atoms with Crippen molar-refractivity contribution in [3.05, 3.63) is 76.9 Å². The van der Waals surface area contributed by atoms with Gasteiger partial charge in [-0.3, -0.25) is 0 Å². The number of unbranched alkanes of at least 4 members (excludes halogenated alkanes) is 1. The number of rotatable bonds is 8. The lowest BCUT2D eigenvalue weighted by Gasteiger charge is -2.29. The minimum Gasteiger partial charge on any atom is -0.377 e. The molecule has 1 fully saturated rings. The molecule has 27 heavy (non-hydrogen) atoms. The molecule has 0 heterocycles. The first-order chi connectivity index (χ1) is 13.3. The van der Waals surface area contributed by atoms with Gasteiger partial charge in [-0.2, -0.15) is 0 Å². The fourth-order valence-electron chi connectivity index (χ4n) is 4.15. The van der Waals surface area contributed by atoms with Gasteiger partial charge in [0.05, 0.1) is 6.61 Å². The van der Waals surface area contributed by atoms with Gasteiger partial charge in [0, 0.05) is 6.61 Å². The molecule has 0 saturated heterocycles. The van der Waals surface area contributed by atoms with Gasteiger partial charge < -0.3 is 4.74 Å².